The first-order chi connectivity index (χ1) is 10.1. The van der Waals surface area contributed by atoms with Crippen LogP contribution in [0.15, 0.2) is 42.5 Å². The zero-order valence-electron chi connectivity index (χ0n) is 11.2. The fourth-order valence-electron chi connectivity index (χ4n) is 2.00. The second-order valence-corrected chi connectivity index (χ2v) is 5.72. The minimum absolute atomic E-state index is 0.152. The maximum Gasteiger partial charge on any atom is 0.399 e. The molecular weight excluding hydrogens is 292 g/mol. The molecular formula is C14H12N2O4S. The quantitative estimate of drug-likeness (QED) is 0.688. The molecule has 21 heavy (non-hydrogen) atoms. The standard InChI is InChI=1S/C14H12N2O4S/c1-19-21(17,18)20-9-10-5-4-8-13-14(10)16-12-7-3-2-6-11(12)15-13/h2-8H,9H2,1H3. The number of aromatic nitrogens is 2. The summed E-state index contributed by atoms with van der Waals surface area (Å²) < 4.78 is 31.5. The Kier molecular flexibility index (Phi) is 3.54. The molecule has 1 heterocycles. The van der Waals surface area contributed by atoms with Crippen LogP contribution in [0.1, 0.15) is 5.56 Å². The molecule has 6 nitrogen and oxygen atoms in total. The summed E-state index contributed by atoms with van der Waals surface area (Å²) in [5.41, 5.74) is 3.46. The lowest BCUT2D eigenvalue weighted by molar-refractivity contribution is 0.236. The number of para-hydroxylation sites is 3. The third-order valence-corrected chi connectivity index (χ3v) is 3.83. The van der Waals surface area contributed by atoms with Crippen molar-refractivity contribution in [3.05, 3.63) is 48.0 Å². The van der Waals surface area contributed by atoms with Gasteiger partial charge in [-0.15, -0.1) is 0 Å². The molecule has 0 aliphatic carbocycles. The number of rotatable bonds is 4. The average molecular weight is 304 g/mol. The summed E-state index contributed by atoms with van der Waals surface area (Å²) in [6, 6.07) is 12.8. The molecule has 3 rings (SSSR count). The monoisotopic (exact) mass is 304 g/mol. The lowest BCUT2D eigenvalue weighted by atomic mass is 10.1. The van der Waals surface area contributed by atoms with E-state index in [0.717, 1.165) is 18.1 Å². The van der Waals surface area contributed by atoms with Crippen molar-refractivity contribution in [3.8, 4) is 0 Å². The smallest absolute Gasteiger partial charge is 0.252 e. The number of hydrogen-bond acceptors (Lipinski definition) is 6. The van der Waals surface area contributed by atoms with Crippen molar-refractivity contribution in [1.82, 2.24) is 9.97 Å². The Morgan fingerprint density at radius 3 is 2.33 bits per heavy atom. The molecule has 0 fully saturated rings. The largest absolute Gasteiger partial charge is 0.399 e. The molecule has 0 aliphatic heterocycles. The van der Waals surface area contributed by atoms with E-state index in [1.165, 1.54) is 0 Å². The first-order valence-electron chi connectivity index (χ1n) is 6.18. The van der Waals surface area contributed by atoms with Gasteiger partial charge in [-0.3, -0.25) is 4.18 Å². The highest BCUT2D eigenvalue weighted by Crippen LogP contribution is 2.20. The van der Waals surface area contributed by atoms with Crippen molar-refractivity contribution in [2.45, 2.75) is 6.61 Å². The number of hydrogen-bond donors (Lipinski definition) is 0. The summed E-state index contributed by atoms with van der Waals surface area (Å²) in [5.74, 6) is 0. The van der Waals surface area contributed by atoms with Gasteiger partial charge in [0.1, 0.15) is 0 Å². The Hall–Kier alpha value is -2.09. The van der Waals surface area contributed by atoms with Gasteiger partial charge in [-0.1, -0.05) is 24.3 Å². The van der Waals surface area contributed by atoms with Crippen LogP contribution in [-0.4, -0.2) is 25.5 Å². The van der Waals surface area contributed by atoms with Crippen LogP contribution in [0, 0.1) is 0 Å². The van der Waals surface area contributed by atoms with Crippen LogP contribution in [-0.2, 0) is 25.4 Å². The molecule has 0 saturated carbocycles. The normalized spacial score (nSPS) is 12.0. The second-order valence-electron chi connectivity index (χ2n) is 4.33. The lowest BCUT2D eigenvalue weighted by Crippen LogP contribution is -2.07. The van der Waals surface area contributed by atoms with Crippen molar-refractivity contribution in [2.24, 2.45) is 0 Å². The fourth-order valence-corrected chi connectivity index (χ4v) is 2.37. The van der Waals surface area contributed by atoms with E-state index in [-0.39, 0.29) is 6.61 Å². The van der Waals surface area contributed by atoms with Gasteiger partial charge in [0.25, 0.3) is 0 Å². The Bertz CT molecular complexity index is 909. The van der Waals surface area contributed by atoms with E-state index in [2.05, 4.69) is 14.2 Å². The van der Waals surface area contributed by atoms with E-state index >= 15 is 0 Å². The molecule has 0 atom stereocenters. The summed E-state index contributed by atoms with van der Waals surface area (Å²) >= 11 is 0. The van der Waals surface area contributed by atoms with Gasteiger partial charge in [-0.2, -0.15) is 8.42 Å². The SMILES string of the molecule is COS(=O)(=O)OCc1cccc2nc3ccccc3nc12. The Balaban J connectivity index is 2.08. The molecule has 0 bridgehead atoms. The third kappa shape index (κ3) is 2.85. The molecule has 0 radical (unpaired) electrons. The molecule has 0 spiro atoms. The van der Waals surface area contributed by atoms with Gasteiger partial charge in [0.05, 0.1) is 35.8 Å². The average Bonchev–Trinajstić information content (AvgIpc) is 2.51. The van der Waals surface area contributed by atoms with E-state index < -0.39 is 10.4 Å². The minimum atomic E-state index is -3.98. The van der Waals surface area contributed by atoms with Crippen molar-refractivity contribution >= 4 is 32.5 Å². The van der Waals surface area contributed by atoms with E-state index in [4.69, 9.17) is 4.18 Å². The topological polar surface area (TPSA) is 78.4 Å². The van der Waals surface area contributed by atoms with E-state index in [0.29, 0.717) is 16.6 Å². The molecule has 0 aliphatic rings. The van der Waals surface area contributed by atoms with Crippen molar-refractivity contribution in [2.75, 3.05) is 7.11 Å². The van der Waals surface area contributed by atoms with Crippen LogP contribution in [0.4, 0.5) is 0 Å². The van der Waals surface area contributed by atoms with Crippen LogP contribution in [0.3, 0.4) is 0 Å². The van der Waals surface area contributed by atoms with Crippen molar-refractivity contribution in [1.29, 1.82) is 0 Å². The van der Waals surface area contributed by atoms with Gasteiger partial charge in [-0.05, 0) is 18.2 Å². The molecule has 108 valence electrons. The first kappa shape index (κ1) is 13.9. The number of benzene rings is 2. The summed E-state index contributed by atoms with van der Waals surface area (Å²) in [5, 5.41) is 0. The predicted octanol–water partition coefficient (Wildman–Crippen LogP) is 2.19. The molecule has 3 aromatic rings. The molecule has 0 N–H and O–H groups in total. The summed E-state index contributed by atoms with van der Waals surface area (Å²) in [7, 11) is -2.93. The lowest BCUT2D eigenvalue weighted by Gasteiger charge is -2.07. The van der Waals surface area contributed by atoms with Crippen LogP contribution >= 0.6 is 0 Å². The van der Waals surface area contributed by atoms with E-state index in [1.54, 1.807) is 12.1 Å². The molecule has 2 aromatic carbocycles. The van der Waals surface area contributed by atoms with Gasteiger partial charge in [-0.25, -0.2) is 14.2 Å². The molecule has 0 saturated heterocycles. The highest BCUT2D eigenvalue weighted by atomic mass is 32.3. The van der Waals surface area contributed by atoms with Gasteiger partial charge in [0.15, 0.2) is 0 Å². The Morgan fingerprint density at radius 1 is 0.952 bits per heavy atom. The summed E-state index contributed by atoms with van der Waals surface area (Å²) in [6.07, 6.45) is 0. The Morgan fingerprint density at radius 2 is 1.62 bits per heavy atom. The summed E-state index contributed by atoms with van der Waals surface area (Å²) in [6.45, 7) is -0.152. The van der Waals surface area contributed by atoms with Gasteiger partial charge in [0.2, 0.25) is 0 Å². The van der Waals surface area contributed by atoms with Gasteiger partial charge < -0.3 is 0 Å². The number of nitrogens with zero attached hydrogens (tertiary/aromatic N) is 2. The zero-order chi connectivity index (χ0) is 14.9. The van der Waals surface area contributed by atoms with Gasteiger partial charge >= 0.3 is 10.4 Å². The zero-order valence-corrected chi connectivity index (χ0v) is 12.0. The molecule has 0 amide bonds. The minimum Gasteiger partial charge on any atom is -0.252 e. The molecule has 1 aromatic heterocycles. The molecule has 7 heteroatoms. The third-order valence-electron chi connectivity index (χ3n) is 3.02. The highest BCUT2D eigenvalue weighted by Gasteiger charge is 2.12. The van der Waals surface area contributed by atoms with Crippen LogP contribution < -0.4 is 0 Å². The highest BCUT2D eigenvalue weighted by molar-refractivity contribution is 7.81. The maximum absolute atomic E-state index is 11.2. The van der Waals surface area contributed by atoms with Gasteiger partial charge in [0, 0.05) is 5.56 Å². The van der Waals surface area contributed by atoms with Crippen LogP contribution in [0.5, 0.6) is 0 Å². The molecule has 0 unspecified atom stereocenters. The van der Waals surface area contributed by atoms with Crippen LogP contribution in [0.25, 0.3) is 22.1 Å². The van der Waals surface area contributed by atoms with Crippen molar-refractivity contribution < 1.29 is 16.8 Å². The fraction of sp³-hybridized carbons (Fsp3) is 0.143. The predicted molar refractivity (Wildman–Crippen MR) is 77.8 cm³/mol. The Labute approximate surface area is 121 Å². The number of fused-ring (bicyclic) bond motifs is 2. The van der Waals surface area contributed by atoms with E-state index in [9.17, 15) is 8.42 Å². The maximum atomic E-state index is 11.2. The second kappa shape index (κ2) is 5.36. The van der Waals surface area contributed by atoms with E-state index in [1.807, 2.05) is 30.3 Å². The van der Waals surface area contributed by atoms with Crippen molar-refractivity contribution in [3.63, 3.8) is 0 Å². The summed E-state index contributed by atoms with van der Waals surface area (Å²) in [4.78, 5) is 9.03. The first-order valence-corrected chi connectivity index (χ1v) is 7.52. The van der Waals surface area contributed by atoms with Crippen LogP contribution in [0.2, 0.25) is 0 Å².